The first-order chi connectivity index (χ1) is 8.97. The van der Waals surface area contributed by atoms with Gasteiger partial charge in [0, 0.05) is 18.7 Å². The van der Waals surface area contributed by atoms with Crippen molar-refractivity contribution in [1.29, 1.82) is 0 Å². The van der Waals surface area contributed by atoms with Crippen LogP contribution < -0.4 is 9.64 Å². The summed E-state index contributed by atoms with van der Waals surface area (Å²) in [5, 5.41) is 8.86. The molecule has 0 saturated carbocycles. The van der Waals surface area contributed by atoms with Crippen LogP contribution in [0.15, 0.2) is 24.3 Å². The van der Waals surface area contributed by atoms with Crippen molar-refractivity contribution in [2.75, 3.05) is 11.4 Å². The van der Waals surface area contributed by atoms with E-state index in [2.05, 4.69) is 4.74 Å². The SMILES string of the molecule is O=C(O)C1CC(=O)N(c2ccc(OC(F)F)cc2)C1. The van der Waals surface area contributed by atoms with Crippen molar-refractivity contribution in [3.8, 4) is 5.75 Å². The molecule has 1 heterocycles. The monoisotopic (exact) mass is 271 g/mol. The van der Waals surface area contributed by atoms with Crippen LogP contribution in [0.2, 0.25) is 0 Å². The number of halogens is 2. The molecule has 102 valence electrons. The van der Waals surface area contributed by atoms with Crippen LogP contribution in [-0.4, -0.2) is 30.1 Å². The molecule has 7 heteroatoms. The van der Waals surface area contributed by atoms with E-state index in [4.69, 9.17) is 5.11 Å². The van der Waals surface area contributed by atoms with Gasteiger partial charge in [-0.15, -0.1) is 0 Å². The molecule has 1 aromatic rings. The molecular weight excluding hydrogens is 260 g/mol. The fourth-order valence-corrected chi connectivity index (χ4v) is 1.93. The van der Waals surface area contributed by atoms with Crippen LogP contribution in [0.3, 0.4) is 0 Å². The van der Waals surface area contributed by atoms with Crippen molar-refractivity contribution < 1.29 is 28.2 Å². The lowest BCUT2D eigenvalue weighted by Crippen LogP contribution is -2.25. The molecule has 1 atom stereocenters. The number of alkyl halides is 2. The van der Waals surface area contributed by atoms with Crippen LogP contribution in [0.4, 0.5) is 14.5 Å². The molecule has 1 amide bonds. The van der Waals surface area contributed by atoms with Crippen molar-refractivity contribution in [1.82, 2.24) is 0 Å². The van der Waals surface area contributed by atoms with Crippen LogP contribution in [0.1, 0.15) is 6.42 Å². The number of anilines is 1. The van der Waals surface area contributed by atoms with E-state index in [0.29, 0.717) is 5.69 Å². The highest BCUT2D eigenvalue weighted by Gasteiger charge is 2.34. The minimum atomic E-state index is -2.91. The van der Waals surface area contributed by atoms with Crippen LogP contribution in [0.5, 0.6) is 5.75 Å². The number of nitrogens with zero attached hydrogens (tertiary/aromatic N) is 1. The molecule has 1 aromatic carbocycles. The molecule has 1 fully saturated rings. The van der Waals surface area contributed by atoms with Crippen molar-refractivity contribution >= 4 is 17.6 Å². The molecule has 0 aromatic heterocycles. The summed E-state index contributed by atoms with van der Waals surface area (Å²) >= 11 is 0. The first-order valence-corrected chi connectivity index (χ1v) is 5.55. The normalized spacial score (nSPS) is 19.0. The Kier molecular flexibility index (Phi) is 3.64. The van der Waals surface area contributed by atoms with Crippen molar-refractivity contribution in [2.45, 2.75) is 13.0 Å². The van der Waals surface area contributed by atoms with E-state index in [1.165, 1.54) is 29.2 Å². The maximum atomic E-state index is 12.0. The number of hydrogen-bond acceptors (Lipinski definition) is 3. The summed E-state index contributed by atoms with van der Waals surface area (Å²) in [6.45, 7) is -2.82. The molecule has 0 aliphatic carbocycles. The summed E-state index contributed by atoms with van der Waals surface area (Å²) in [4.78, 5) is 23.8. The number of carboxylic acid groups (broad SMARTS) is 1. The van der Waals surface area contributed by atoms with Gasteiger partial charge in [-0.05, 0) is 24.3 Å². The van der Waals surface area contributed by atoms with Gasteiger partial charge in [-0.2, -0.15) is 8.78 Å². The zero-order valence-electron chi connectivity index (χ0n) is 9.75. The fourth-order valence-electron chi connectivity index (χ4n) is 1.93. The number of amides is 1. The lowest BCUT2D eigenvalue weighted by atomic mass is 10.1. The molecule has 1 saturated heterocycles. The second kappa shape index (κ2) is 5.21. The van der Waals surface area contributed by atoms with Crippen LogP contribution in [-0.2, 0) is 9.59 Å². The zero-order valence-corrected chi connectivity index (χ0v) is 9.75. The number of carbonyl (C=O) groups is 2. The van der Waals surface area contributed by atoms with Gasteiger partial charge in [0.25, 0.3) is 0 Å². The van der Waals surface area contributed by atoms with Gasteiger partial charge in [0.1, 0.15) is 5.75 Å². The van der Waals surface area contributed by atoms with Gasteiger partial charge >= 0.3 is 12.6 Å². The standard InChI is InChI=1S/C12H11F2NO4/c13-12(14)19-9-3-1-8(2-4-9)15-6-7(11(17)18)5-10(15)16/h1-4,7,12H,5-6H2,(H,17,18). The highest BCUT2D eigenvalue weighted by molar-refractivity contribution is 5.99. The Bertz CT molecular complexity index is 489. The Balaban J connectivity index is 2.10. The highest BCUT2D eigenvalue weighted by atomic mass is 19.3. The number of aliphatic carboxylic acids is 1. The Morgan fingerprint density at radius 2 is 2.00 bits per heavy atom. The third kappa shape index (κ3) is 2.98. The molecule has 19 heavy (non-hydrogen) atoms. The molecule has 1 N–H and O–H groups in total. The molecule has 1 unspecified atom stereocenters. The maximum absolute atomic E-state index is 12.0. The predicted molar refractivity (Wildman–Crippen MR) is 61.2 cm³/mol. The summed E-state index contributed by atoms with van der Waals surface area (Å²) in [6.07, 6.45) is -0.0510. The first-order valence-electron chi connectivity index (χ1n) is 5.55. The van der Waals surface area contributed by atoms with E-state index in [0.717, 1.165) is 0 Å². The van der Waals surface area contributed by atoms with Gasteiger partial charge in [-0.1, -0.05) is 0 Å². The molecular formula is C12H11F2NO4. The Hall–Kier alpha value is -2.18. The van der Waals surface area contributed by atoms with E-state index in [-0.39, 0.29) is 24.6 Å². The second-order valence-electron chi connectivity index (χ2n) is 4.12. The second-order valence-corrected chi connectivity index (χ2v) is 4.12. The third-order valence-corrected chi connectivity index (χ3v) is 2.85. The number of carboxylic acids is 1. The van der Waals surface area contributed by atoms with Crippen LogP contribution in [0.25, 0.3) is 0 Å². The number of benzene rings is 1. The smallest absolute Gasteiger partial charge is 0.387 e. The summed E-state index contributed by atoms with van der Waals surface area (Å²) in [5.41, 5.74) is 0.468. The van der Waals surface area contributed by atoms with E-state index in [9.17, 15) is 18.4 Å². The summed E-state index contributed by atoms with van der Waals surface area (Å²) < 4.78 is 28.1. The molecule has 1 aliphatic rings. The van der Waals surface area contributed by atoms with Gasteiger partial charge in [-0.25, -0.2) is 0 Å². The number of hydrogen-bond donors (Lipinski definition) is 1. The van der Waals surface area contributed by atoms with Gasteiger partial charge in [-0.3, -0.25) is 9.59 Å². The average molecular weight is 271 g/mol. The molecule has 0 radical (unpaired) electrons. The number of carbonyl (C=O) groups excluding carboxylic acids is 1. The lowest BCUT2D eigenvalue weighted by Gasteiger charge is -2.16. The first kappa shape index (κ1) is 13.3. The number of ether oxygens (including phenoxy) is 1. The van der Waals surface area contributed by atoms with E-state index in [1.807, 2.05) is 0 Å². The molecule has 1 aliphatic heterocycles. The fraction of sp³-hybridized carbons (Fsp3) is 0.333. The number of rotatable bonds is 4. The summed E-state index contributed by atoms with van der Waals surface area (Å²) in [7, 11) is 0. The van der Waals surface area contributed by atoms with Gasteiger partial charge in [0.2, 0.25) is 5.91 Å². The van der Waals surface area contributed by atoms with Crippen LogP contribution in [0, 0.1) is 5.92 Å². The average Bonchev–Trinajstić information content (AvgIpc) is 2.72. The van der Waals surface area contributed by atoms with Crippen molar-refractivity contribution in [3.05, 3.63) is 24.3 Å². The van der Waals surface area contributed by atoms with Crippen LogP contribution >= 0.6 is 0 Å². The van der Waals surface area contributed by atoms with Gasteiger partial charge < -0.3 is 14.7 Å². The van der Waals surface area contributed by atoms with Gasteiger partial charge in [0.15, 0.2) is 0 Å². The topological polar surface area (TPSA) is 66.8 Å². The predicted octanol–water partition coefficient (Wildman–Crippen LogP) is 1.73. The molecule has 2 rings (SSSR count). The van der Waals surface area contributed by atoms with Crippen molar-refractivity contribution in [3.63, 3.8) is 0 Å². The Labute approximate surface area is 107 Å². The Morgan fingerprint density at radius 1 is 1.37 bits per heavy atom. The van der Waals surface area contributed by atoms with Crippen molar-refractivity contribution in [2.24, 2.45) is 5.92 Å². The quantitative estimate of drug-likeness (QED) is 0.905. The Morgan fingerprint density at radius 3 is 2.47 bits per heavy atom. The summed E-state index contributed by atoms with van der Waals surface area (Å²) in [6, 6.07) is 5.51. The molecule has 0 bridgehead atoms. The van der Waals surface area contributed by atoms with E-state index >= 15 is 0 Å². The maximum Gasteiger partial charge on any atom is 0.387 e. The van der Waals surface area contributed by atoms with Gasteiger partial charge in [0.05, 0.1) is 5.92 Å². The van der Waals surface area contributed by atoms with E-state index in [1.54, 1.807) is 0 Å². The molecule has 0 spiro atoms. The minimum absolute atomic E-state index is 0.0137. The highest BCUT2D eigenvalue weighted by Crippen LogP contribution is 2.27. The molecule has 5 nitrogen and oxygen atoms in total. The van der Waals surface area contributed by atoms with E-state index < -0.39 is 18.5 Å². The largest absolute Gasteiger partial charge is 0.481 e. The summed E-state index contributed by atoms with van der Waals surface area (Å²) in [5.74, 6) is -2.06. The lowest BCUT2D eigenvalue weighted by molar-refractivity contribution is -0.141. The minimum Gasteiger partial charge on any atom is -0.481 e. The zero-order chi connectivity index (χ0) is 14.0. The third-order valence-electron chi connectivity index (χ3n) is 2.85.